The second kappa shape index (κ2) is 14.0. The zero-order chi connectivity index (χ0) is 27.8. The van der Waals surface area contributed by atoms with Gasteiger partial charge in [0.25, 0.3) is 5.91 Å². The quantitative estimate of drug-likeness (QED) is 0.496. The van der Waals surface area contributed by atoms with Crippen LogP contribution in [0.25, 0.3) is 0 Å². The van der Waals surface area contributed by atoms with Gasteiger partial charge in [-0.3, -0.25) is 14.5 Å². The van der Waals surface area contributed by atoms with E-state index in [4.69, 9.17) is 4.74 Å². The lowest BCUT2D eigenvalue weighted by Gasteiger charge is -2.37. The maximum Gasteiger partial charge on any atom is 0.411 e. The molecule has 0 aromatic carbocycles. The molecule has 1 aromatic heterocycles. The molecule has 1 unspecified atom stereocenters. The first-order valence-corrected chi connectivity index (χ1v) is 16.2. The SMILES string of the molecule is CC(C)(C)OC(=O)N1[CH]CSC1C(=O)N[C@@H](CSCC1CCCCC1)C(=O)N1CCN(c2ccccn2)CC1. The van der Waals surface area contributed by atoms with E-state index in [9.17, 15) is 14.4 Å². The lowest BCUT2D eigenvalue weighted by molar-refractivity contribution is -0.136. The summed E-state index contributed by atoms with van der Waals surface area (Å²) >= 11 is 3.11. The lowest BCUT2D eigenvalue weighted by Crippen LogP contribution is -2.57. The number of hydrogen-bond acceptors (Lipinski definition) is 8. The van der Waals surface area contributed by atoms with Crippen molar-refractivity contribution in [2.45, 2.75) is 69.9 Å². The molecule has 39 heavy (non-hydrogen) atoms. The van der Waals surface area contributed by atoms with Crippen molar-refractivity contribution in [1.29, 1.82) is 0 Å². The Morgan fingerprint density at radius 3 is 2.54 bits per heavy atom. The third-order valence-corrected chi connectivity index (χ3v) is 9.52. The predicted octanol–water partition coefficient (Wildman–Crippen LogP) is 4.00. The Hall–Kier alpha value is -2.14. The zero-order valence-electron chi connectivity index (χ0n) is 23.3. The smallest absolute Gasteiger partial charge is 0.411 e. The van der Waals surface area contributed by atoms with Crippen LogP contribution in [0.15, 0.2) is 24.4 Å². The molecular weight excluding hydrogens is 534 g/mol. The van der Waals surface area contributed by atoms with Gasteiger partial charge in [0.2, 0.25) is 5.91 Å². The first-order chi connectivity index (χ1) is 18.7. The fraction of sp³-hybridized carbons (Fsp3) is 0.679. The van der Waals surface area contributed by atoms with Gasteiger partial charge >= 0.3 is 6.09 Å². The monoisotopic (exact) mass is 576 g/mol. The number of anilines is 1. The van der Waals surface area contributed by atoms with Gasteiger partial charge in [-0.1, -0.05) is 25.3 Å². The van der Waals surface area contributed by atoms with Crippen LogP contribution in [0.2, 0.25) is 0 Å². The average molecular weight is 577 g/mol. The van der Waals surface area contributed by atoms with Gasteiger partial charge in [0, 0.05) is 43.9 Å². The highest BCUT2D eigenvalue weighted by Crippen LogP contribution is 2.30. The summed E-state index contributed by atoms with van der Waals surface area (Å²) in [5.41, 5.74) is -0.662. The van der Waals surface area contributed by atoms with Gasteiger partial charge in [-0.2, -0.15) is 11.8 Å². The Morgan fingerprint density at radius 1 is 1.13 bits per heavy atom. The highest BCUT2D eigenvalue weighted by Gasteiger charge is 2.39. The lowest BCUT2D eigenvalue weighted by atomic mass is 9.91. The summed E-state index contributed by atoms with van der Waals surface area (Å²) in [4.78, 5) is 49.7. The van der Waals surface area contributed by atoms with Gasteiger partial charge in [-0.25, -0.2) is 9.78 Å². The molecular formula is C28H42N5O4S2. The molecule has 2 saturated heterocycles. The highest BCUT2D eigenvalue weighted by molar-refractivity contribution is 8.01. The van der Waals surface area contributed by atoms with E-state index in [1.807, 2.05) is 23.1 Å². The van der Waals surface area contributed by atoms with Crippen molar-refractivity contribution in [2.75, 3.05) is 48.3 Å². The first kappa shape index (κ1) is 29.8. The summed E-state index contributed by atoms with van der Waals surface area (Å²) < 4.78 is 5.50. The number of amides is 3. The molecule has 3 amide bonds. The molecule has 11 heteroatoms. The number of pyridine rings is 1. The summed E-state index contributed by atoms with van der Waals surface area (Å²) in [6.45, 7) is 9.63. The number of hydrogen-bond donors (Lipinski definition) is 1. The summed E-state index contributed by atoms with van der Waals surface area (Å²) in [6.07, 6.45) is 7.59. The van der Waals surface area contributed by atoms with Crippen LogP contribution in [0.4, 0.5) is 10.6 Å². The van der Waals surface area contributed by atoms with E-state index in [2.05, 4.69) is 15.2 Å². The second-order valence-electron chi connectivity index (χ2n) is 11.4. The molecule has 1 aliphatic carbocycles. The van der Waals surface area contributed by atoms with Crippen LogP contribution in [-0.2, 0) is 14.3 Å². The number of piperazine rings is 1. The molecule has 9 nitrogen and oxygen atoms in total. The Labute approximate surface area is 241 Å². The van der Waals surface area contributed by atoms with E-state index < -0.39 is 23.1 Å². The molecule has 1 saturated carbocycles. The summed E-state index contributed by atoms with van der Waals surface area (Å²) in [7, 11) is 0. The first-order valence-electron chi connectivity index (χ1n) is 14.0. The van der Waals surface area contributed by atoms with E-state index in [1.54, 1.807) is 45.3 Å². The van der Waals surface area contributed by atoms with Crippen molar-refractivity contribution < 1.29 is 19.1 Å². The second-order valence-corrected chi connectivity index (χ2v) is 13.5. The standard InChI is InChI=1S/C28H42N5O4S2/c1-28(2,3)37-27(36)33-17-18-39-26(33)24(34)30-22(20-38-19-21-9-5-4-6-10-21)25(35)32-15-13-31(14-16-32)23-11-7-8-12-29-23/h7-8,11-12,17,21-22,26H,4-6,9-10,13-16,18-20H2,1-3H3,(H,30,34)/t22-,26?/m0/s1. The van der Waals surface area contributed by atoms with Crippen LogP contribution < -0.4 is 10.2 Å². The molecule has 2 aliphatic heterocycles. The van der Waals surface area contributed by atoms with Crippen LogP contribution in [0.3, 0.4) is 0 Å². The zero-order valence-corrected chi connectivity index (χ0v) is 25.0. The highest BCUT2D eigenvalue weighted by atomic mass is 32.2. The Bertz CT molecular complexity index is 962. The summed E-state index contributed by atoms with van der Waals surface area (Å²) in [6, 6.07) is 5.20. The molecule has 3 fully saturated rings. The topological polar surface area (TPSA) is 95.1 Å². The van der Waals surface area contributed by atoms with Crippen molar-refractivity contribution in [3.8, 4) is 0 Å². The summed E-state index contributed by atoms with van der Waals surface area (Å²) in [5, 5.41) is 2.27. The minimum atomic E-state index is -0.750. The maximum absolute atomic E-state index is 13.7. The molecule has 0 bridgehead atoms. The van der Waals surface area contributed by atoms with E-state index in [-0.39, 0.29) is 11.8 Å². The minimum absolute atomic E-state index is 0.0593. The van der Waals surface area contributed by atoms with Gasteiger partial charge < -0.3 is 19.9 Å². The van der Waals surface area contributed by atoms with Crippen molar-refractivity contribution in [3.05, 3.63) is 30.9 Å². The maximum atomic E-state index is 13.7. The van der Waals surface area contributed by atoms with Gasteiger partial charge in [-0.15, -0.1) is 11.8 Å². The fourth-order valence-corrected chi connectivity index (χ4v) is 7.36. The van der Waals surface area contributed by atoms with Crippen molar-refractivity contribution in [3.63, 3.8) is 0 Å². The van der Waals surface area contributed by atoms with Gasteiger partial charge in [0.15, 0.2) is 5.37 Å². The number of carbonyl (C=O) groups is 3. The molecule has 1 radical (unpaired) electrons. The third kappa shape index (κ3) is 8.67. The van der Waals surface area contributed by atoms with E-state index in [0.29, 0.717) is 43.6 Å². The Morgan fingerprint density at radius 2 is 1.87 bits per heavy atom. The molecule has 3 aliphatic rings. The van der Waals surface area contributed by atoms with Crippen molar-refractivity contribution in [2.24, 2.45) is 5.92 Å². The molecule has 4 rings (SSSR count). The number of rotatable bonds is 8. The van der Waals surface area contributed by atoms with E-state index in [0.717, 1.165) is 11.6 Å². The number of ether oxygens (including phenoxy) is 1. The number of carbonyl (C=O) groups excluding carboxylic acids is 3. The largest absolute Gasteiger partial charge is 0.444 e. The Balaban J connectivity index is 1.38. The number of nitrogens with one attached hydrogen (secondary N) is 1. The van der Waals surface area contributed by atoms with Crippen molar-refractivity contribution in [1.82, 2.24) is 20.1 Å². The van der Waals surface area contributed by atoms with Crippen LogP contribution in [0.5, 0.6) is 0 Å². The molecule has 1 aromatic rings. The molecule has 0 spiro atoms. The fourth-order valence-electron chi connectivity index (χ4n) is 5.12. The van der Waals surface area contributed by atoms with E-state index >= 15 is 0 Å². The normalized spacial score (nSPS) is 21.5. The third-order valence-electron chi connectivity index (χ3n) is 7.15. The van der Waals surface area contributed by atoms with E-state index in [1.165, 1.54) is 48.8 Å². The molecule has 215 valence electrons. The molecule has 3 heterocycles. The van der Waals surface area contributed by atoms with Crippen LogP contribution in [0.1, 0.15) is 52.9 Å². The van der Waals surface area contributed by atoms with Gasteiger partial charge in [0.1, 0.15) is 17.5 Å². The number of aromatic nitrogens is 1. The van der Waals surface area contributed by atoms with Gasteiger partial charge in [-0.05, 0) is 57.4 Å². The predicted molar refractivity (Wildman–Crippen MR) is 157 cm³/mol. The number of thioether (sulfide) groups is 2. The minimum Gasteiger partial charge on any atom is -0.444 e. The van der Waals surface area contributed by atoms with Crippen LogP contribution in [-0.4, -0.2) is 93.1 Å². The average Bonchev–Trinajstić information content (AvgIpc) is 3.43. The van der Waals surface area contributed by atoms with Crippen LogP contribution >= 0.6 is 23.5 Å². The van der Waals surface area contributed by atoms with Crippen LogP contribution in [0, 0.1) is 12.5 Å². The molecule has 2 atom stereocenters. The molecule has 1 N–H and O–H groups in total. The van der Waals surface area contributed by atoms with Crippen molar-refractivity contribution >= 4 is 47.2 Å². The number of nitrogens with zero attached hydrogens (tertiary/aromatic N) is 4. The van der Waals surface area contributed by atoms with Gasteiger partial charge in [0.05, 0.1) is 6.54 Å². The summed E-state index contributed by atoms with van der Waals surface area (Å²) in [5.74, 6) is 3.26. The Kier molecular flexibility index (Phi) is 10.7.